The maximum absolute atomic E-state index is 4.26. The van der Waals surface area contributed by atoms with Crippen molar-refractivity contribution in [3.05, 3.63) is 42.2 Å². The maximum Gasteiger partial charge on any atom is 0 e. The Bertz CT molecular complexity index is 308. The largest absolute Gasteiger partial charge is 0.0950 e. The van der Waals surface area contributed by atoms with E-state index in [9.17, 15) is 0 Å². The van der Waals surface area contributed by atoms with Crippen LogP contribution in [0.2, 0.25) is 0 Å². The first-order valence-corrected chi connectivity index (χ1v) is 8.01. The van der Waals surface area contributed by atoms with Crippen molar-refractivity contribution in [3.8, 4) is 0 Å². The van der Waals surface area contributed by atoms with Gasteiger partial charge in [0.05, 0.1) is 0 Å². The minimum Gasteiger partial charge on any atom is -0.0950 e. The van der Waals surface area contributed by atoms with E-state index in [1.54, 1.807) is 0 Å². The standard InChI is InChI=1S/C15H23P.B/c1-4-5-6-8-11-14(2)16(3)15-12-9-7-10-13-15;/h7,9-10,12-13H,2,4-6,8,11H2,1,3H3;. The Morgan fingerprint density at radius 3 is 2.35 bits per heavy atom. The molecule has 0 saturated carbocycles. The summed E-state index contributed by atoms with van der Waals surface area (Å²) in [6.45, 7) is 8.84. The number of benzene rings is 1. The summed E-state index contributed by atoms with van der Waals surface area (Å²) < 4.78 is 0. The molecular formula is C15H23BP. The van der Waals surface area contributed by atoms with Crippen LogP contribution < -0.4 is 5.30 Å². The molecule has 3 radical (unpaired) electrons. The molecule has 0 aliphatic rings. The third-order valence-electron chi connectivity index (χ3n) is 2.94. The second-order valence-corrected chi connectivity index (χ2v) is 6.54. The minimum absolute atomic E-state index is 0. The van der Waals surface area contributed by atoms with Crippen molar-refractivity contribution >= 4 is 21.6 Å². The zero-order valence-electron chi connectivity index (χ0n) is 11.2. The van der Waals surface area contributed by atoms with Crippen molar-refractivity contribution in [2.24, 2.45) is 0 Å². The Morgan fingerprint density at radius 1 is 1.12 bits per heavy atom. The summed E-state index contributed by atoms with van der Waals surface area (Å²) in [6, 6.07) is 10.8. The highest BCUT2D eigenvalue weighted by molar-refractivity contribution is 7.68. The van der Waals surface area contributed by atoms with Crippen LogP contribution in [0.3, 0.4) is 0 Å². The fraction of sp³-hybridized carbons (Fsp3) is 0.467. The number of unbranched alkanes of at least 4 members (excludes halogenated alkanes) is 3. The average molecular weight is 245 g/mol. The third kappa shape index (κ3) is 6.08. The van der Waals surface area contributed by atoms with Gasteiger partial charge in [0.1, 0.15) is 0 Å². The minimum atomic E-state index is -0.152. The van der Waals surface area contributed by atoms with Gasteiger partial charge in [-0.3, -0.25) is 0 Å². The number of rotatable bonds is 7. The van der Waals surface area contributed by atoms with E-state index in [0.717, 1.165) is 0 Å². The van der Waals surface area contributed by atoms with Gasteiger partial charge in [0.2, 0.25) is 0 Å². The highest BCUT2D eigenvalue weighted by Gasteiger charge is 2.07. The molecule has 0 amide bonds. The molecular weight excluding hydrogens is 222 g/mol. The maximum atomic E-state index is 4.26. The first-order chi connectivity index (χ1) is 7.75. The fourth-order valence-electron chi connectivity index (χ4n) is 1.76. The molecule has 0 fully saturated rings. The lowest BCUT2D eigenvalue weighted by Gasteiger charge is -2.15. The molecule has 0 heterocycles. The van der Waals surface area contributed by atoms with Crippen molar-refractivity contribution in [2.75, 3.05) is 6.66 Å². The normalized spacial score (nSPS) is 11.6. The number of hydrogen-bond donors (Lipinski definition) is 0. The van der Waals surface area contributed by atoms with Crippen molar-refractivity contribution in [3.63, 3.8) is 0 Å². The summed E-state index contributed by atoms with van der Waals surface area (Å²) in [5.74, 6) is 0. The third-order valence-corrected chi connectivity index (χ3v) is 5.18. The second-order valence-electron chi connectivity index (χ2n) is 4.27. The van der Waals surface area contributed by atoms with Gasteiger partial charge in [0.15, 0.2) is 0 Å². The summed E-state index contributed by atoms with van der Waals surface area (Å²) in [5, 5.41) is 2.90. The van der Waals surface area contributed by atoms with E-state index >= 15 is 0 Å². The Balaban J connectivity index is 0.00000256. The molecule has 1 atom stereocenters. The molecule has 0 aliphatic heterocycles. The molecule has 17 heavy (non-hydrogen) atoms. The van der Waals surface area contributed by atoms with Crippen molar-refractivity contribution < 1.29 is 0 Å². The van der Waals surface area contributed by atoms with Gasteiger partial charge in [0.25, 0.3) is 0 Å². The highest BCUT2D eigenvalue weighted by atomic mass is 31.1. The first-order valence-electron chi connectivity index (χ1n) is 6.22. The van der Waals surface area contributed by atoms with Crippen molar-refractivity contribution in [1.82, 2.24) is 0 Å². The lowest BCUT2D eigenvalue weighted by molar-refractivity contribution is 0.672. The summed E-state index contributed by atoms with van der Waals surface area (Å²) in [6.07, 6.45) is 6.54. The Hall–Kier alpha value is -0.545. The Labute approximate surface area is 110 Å². The van der Waals surface area contributed by atoms with Crippen LogP contribution in [-0.2, 0) is 0 Å². The van der Waals surface area contributed by atoms with Gasteiger partial charge in [-0.15, -0.1) is 0 Å². The molecule has 1 unspecified atom stereocenters. The van der Waals surface area contributed by atoms with Crippen LogP contribution >= 0.6 is 7.92 Å². The molecule has 0 N–H and O–H groups in total. The molecule has 0 nitrogen and oxygen atoms in total. The predicted molar refractivity (Wildman–Crippen MR) is 82.6 cm³/mol. The lowest BCUT2D eigenvalue weighted by atomic mass is 10.1. The number of allylic oxidation sites excluding steroid dienone is 1. The zero-order chi connectivity index (χ0) is 11.8. The molecule has 1 aromatic carbocycles. The van der Waals surface area contributed by atoms with Crippen molar-refractivity contribution in [1.29, 1.82) is 0 Å². The van der Waals surface area contributed by atoms with E-state index in [2.05, 4.69) is 50.5 Å². The average Bonchev–Trinajstić information content (AvgIpc) is 2.34. The van der Waals surface area contributed by atoms with E-state index in [-0.39, 0.29) is 16.3 Å². The van der Waals surface area contributed by atoms with Crippen LogP contribution in [0.1, 0.15) is 39.0 Å². The lowest BCUT2D eigenvalue weighted by Crippen LogP contribution is -1.99. The quantitative estimate of drug-likeness (QED) is 0.376. The summed E-state index contributed by atoms with van der Waals surface area (Å²) in [7, 11) is -0.152. The van der Waals surface area contributed by atoms with Gasteiger partial charge in [-0.05, 0) is 30.1 Å². The monoisotopic (exact) mass is 245 g/mol. The molecule has 2 heteroatoms. The molecule has 0 aromatic heterocycles. The van der Waals surface area contributed by atoms with E-state index in [4.69, 9.17) is 0 Å². The smallest absolute Gasteiger partial charge is 0 e. The molecule has 1 aromatic rings. The van der Waals surface area contributed by atoms with Crippen LogP contribution in [0, 0.1) is 0 Å². The van der Waals surface area contributed by atoms with E-state index in [0.29, 0.717) is 0 Å². The van der Waals surface area contributed by atoms with Gasteiger partial charge in [-0.25, -0.2) is 0 Å². The van der Waals surface area contributed by atoms with E-state index < -0.39 is 0 Å². The zero-order valence-corrected chi connectivity index (χ0v) is 12.0. The highest BCUT2D eigenvalue weighted by Crippen LogP contribution is 2.41. The van der Waals surface area contributed by atoms with Crippen LogP contribution in [0.4, 0.5) is 0 Å². The Kier molecular flexibility index (Phi) is 9.18. The summed E-state index contributed by atoms with van der Waals surface area (Å²) >= 11 is 0. The van der Waals surface area contributed by atoms with Crippen LogP contribution in [0.25, 0.3) is 0 Å². The van der Waals surface area contributed by atoms with Crippen LogP contribution in [0.15, 0.2) is 42.2 Å². The second kappa shape index (κ2) is 9.48. The van der Waals surface area contributed by atoms with Gasteiger partial charge in [-0.1, -0.05) is 71.0 Å². The van der Waals surface area contributed by atoms with Crippen LogP contribution in [0.5, 0.6) is 0 Å². The Morgan fingerprint density at radius 2 is 1.76 bits per heavy atom. The van der Waals surface area contributed by atoms with Crippen LogP contribution in [-0.4, -0.2) is 15.1 Å². The number of hydrogen-bond acceptors (Lipinski definition) is 0. The van der Waals surface area contributed by atoms with Gasteiger partial charge in [-0.2, -0.15) is 0 Å². The molecule has 0 bridgehead atoms. The summed E-state index contributed by atoms with van der Waals surface area (Å²) in [4.78, 5) is 0. The van der Waals surface area contributed by atoms with E-state index in [1.807, 2.05) is 0 Å². The molecule has 0 aliphatic carbocycles. The molecule has 0 spiro atoms. The van der Waals surface area contributed by atoms with Gasteiger partial charge >= 0.3 is 0 Å². The van der Waals surface area contributed by atoms with E-state index in [1.165, 1.54) is 42.7 Å². The topological polar surface area (TPSA) is 0 Å². The SMILES string of the molecule is C=C(CCCCCC)P(C)c1ccccc1.[B]. The molecule has 1 rings (SSSR count). The predicted octanol–water partition coefficient (Wildman–Crippen LogP) is 4.53. The summed E-state index contributed by atoms with van der Waals surface area (Å²) in [5.41, 5.74) is 0. The molecule has 0 saturated heterocycles. The van der Waals surface area contributed by atoms with Crippen molar-refractivity contribution in [2.45, 2.75) is 39.0 Å². The fourth-order valence-corrected chi connectivity index (χ4v) is 3.24. The van der Waals surface area contributed by atoms with Gasteiger partial charge < -0.3 is 0 Å². The van der Waals surface area contributed by atoms with Gasteiger partial charge in [0, 0.05) is 8.41 Å². The molecule has 91 valence electrons. The first kappa shape index (κ1) is 16.5.